The van der Waals surface area contributed by atoms with Crippen molar-refractivity contribution in [1.29, 1.82) is 0 Å². The third-order valence-corrected chi connectivity index (χ3v) is 5.18. The van der Waals surface area contributed by atoms with Crippen molar-refractivity contribution in [3.05, 3.63) is 81.8 Å². The Hall–Kier alpha value is -2.79. The molecule has 0 radical (unpaired) electrons. The Labute approximate surface area is 155 Å². The Bertz CT molecular complexity index is 1050. The number of thiazole rings is 1. The molecule has 5 heteroatoms. The number of hydrogen-bond donors (Lipinski definition) is 0. The summed E-state index contributed by atoms with van der Waals surface area (Å²) in [6, 6.07) is 15.0. The summed E-state index contributed by atoms with van der Waals surface area (Å²) in [5.41, 5.74) is 5.54. The van der Waals surface area contributed by atoms with Crippen molar-refractivity contribution in [2.45, 2.75) is 20.3 Å². The van der Waals surface area contributed by atoms with Crippen molar-refractivity contribution in [2.24, 2.45) is 0 Å². The summed E-state index contributed by atoms with van der Waals surface area (Å²) in [5, 5.41) is 6.94. The molecule has 0 aliphatic heterocycles. The van der Waals surface area contributed by atoms with Gasteiger partial charge in [-0.05, 0) is 37.1 Å². The highest BCUT2D eigenvalue weighted by Gasteiger charge is 2.13. The fourth-order valence-electron chi connectivity index (χ4n) is 3.06. The highest BCUT2D eigenvalue weighted by atomic mass is 32.1. The number of hydrogen-bond acceptors (Lipinski definition) is 4. The van der Waals surface area contributed by atoms with Crippen molar-refractivity contribution in [3.8, 4) is 22.4 Å². The first-order valence-electron chi connectivity index (χ1n) is 8.33. The average molecular weight is 364 g/mol. The van der Waals surface area contributed by atoms with Gasteiger partial charge in [0.2, 0.25) is 0 Å². The molecule has 0 saturated heterocycles. The first kappa shape index (κ1) is 16.7. The number of halogens is 1. The number of nitrogens with zero attached hydrogens (tertiary/aromatic N) is 2. The lowest BCUT2D eigenvalue weighted by atomic mass is 10.0. The first-order chi connectivity index (χ1) is 12.6. The van der Waals surface area contributed by atoms with Gasteiger partial charge in [-0.15, -0.1) is 11.3 Å². The van der Waals surface area contributed by atoms with Crippen LogP contribution >= 0.6 is 11.3 Å². The Morgan fingerprint density at radius 1 is 1.04 bits per heavy atom. The van der Waals surface area contributed by atoms with Crippen molar-refractivity contribution in [2.75, 3.05) is 0 Å². The highest BCUT2D eigenvalue weighted by molar-refractivity contribution is 7.10. The largest absolute Gasteiger partial charge is 0.361 e. The van der Waals surface area contributed by atoms with E-state index in [-0.39, 0.29) is 5.82 Å². The van der Waals surface area contributed by atoms with Crippen LogP contribution in [0, 0.1) is 19.7 Å². The Kier molecular flexibility index (Phi) is 4.39. The number of aryl methyl sites for hydroxylation is 2. The molecule has 0 amide bonds. The van der Waals surface area contributed by atoms with Crippen LogP contribution in [0.15, 0.2) is 58.4 Å². The molecule has 0 unspecified atom stereocenters. The summed E-state index contributed by atoms with van der Waals surface area (Å²) in [7, 11) is 0. The Morgan fingerprint density at radius 3 is 2.62 bits per heavy atom. The average Bonchev–Trinajstić information content (AvgIpc) is 3.24. The van der Waals surface area contributed by atoms with E-state index in [1.54, 1.807) is 23.5 Å². The van der Waals surface area contributed by atoms with Gasteiger partial charge in [0.15, 0.2) is 0 Å². The van der Waals surface area contributed by atoms with Gasteiger partial charge in [0.05, 0.1) is 16.4 Å². The quantitative estimate of drug-likeness (QED) is 0.458. The number of benzene rings is 2. The summed E-state index contributed by atoms with van der Waals surface area (Å²) in [4.78, 5) is 4.70. The summed E-state index contributed by atoms with van der Waals surface area (Å²) in [6.07, 6.45) is 0.501. The highest BCUT2D eigenvalue weighted by Crippen LogP contribution is 2.31. The molecule has 0 fully saturated rings. The smallest absolute Gasteiger partial charge is 0.141 e. The summed E-state index contributed by atoms with van der Waals surface area (Å²) >= 11 is 1.55. The molecule has 130 valence electrons. The van der Waals surface area contributed by atoms with E-state index >= 15 is 0 Å². The van der Waals surface area contributed by atoms with Gasteiger partial charge >= 0.3 is 0 Å². The van der Waals surface area contributed by atoms with Crippen molar-refractivity contribution in [3.63, 3.8) is 0 Å². The standard InChI is InChI=1S/C21H17FN2OS/c1-13-21(14(2)25-24-13)17-8-5-7-16(10-17)19-12-26-20(23-19)11-15-6-3-4-9-18(15)22/h3-10,12H,11H2,1-2H3. The van der Waals surface area contributed by atoms with Gasteiger partial charge in [-0.2, -0.15) is 0 Å². The Morgan fingerprint density at radius 2 is 1.85 bits per heavy atom. The predicted octanol–water partition coefficient (Wildman–Crippen LogP) is 5.81. The fourth-order valence-corrected chi connectivity index (χ4v) is 3.88. The van der Waals surface area contributed by atoms with Crippen LogP contribution in [0.5, 0.6) is 0 Å². The molecule has 2 heterocycles. The third-order valence-electron chi connectivity index (χ3n) is 4.33. The van der Waals surface area contributed by atoms with E-state index < -0.39 is 0 Å². The monoisotopic (exact) mass is 364 g/mol. The molecule has 0 N–H and O–H groups in total. The van der Waals surface area contributed by atoms with Crippen molar-refractivity contribution in [1.82, 2.24) is 10.1 Å². The second kappa shape index (κ2) is 6.84. The third kappa shape index (κ3) is 3.18. The minimum atomic E-state index is -0.190. The minimum absolute atomic E-state index is 0.190. The van der Waals surface area contributed by atoms with Gasteiger partial charge in [0, 0.05) is 22.9 Å². The molecule has 4 rings (SSSR count). The topological polar surface area (TPSA) is 38.9 Å². The molecular weight excluding hydrogens is 347 g/mol. The summed E-state index contributed by atoms with van der Waals surface area (Å²) in [6.45, 7) is 3.85. The maximum atomic E-state index is 13.9. The lowest BCUT2D eigenvalue weighted by Crippen LogP contribution is -1.91. The maximum absolute atomic E-state index is 13.9. The van der Waals surface area contributed by atoms with Crippen LogP contribution in [0.1, 0.15) is 22.0 Å². The molecule has 2 aromatic heterocycles. The van der Waals surface area contributed by atoms with Gasteiger partial charge in [0.1, 0.15) is 11.6 Å². The molecule has 0 saturated carbocycles. The van der Waals surface area contributed by atoms with E-state index in [4.69, 9.17) is 9.51 Å². The maximum Gasteiger partial charge on any atom is 0.141 e. The minimum Gasteiger partial charge on any atom is -0.361 e. The molecule has 3 nitrogen and oxygen atoms in total. The van der Waals surface area contributed by atoms with E-state index in [0.717, 1.165) is 38.8 Å². The van der Waals surface area contributed by atoms with Crippen LogP contribution < -0.4 is 0 Å². The van der Waals surface area contributed by atoms with Crippen LogP contribution in [0.3, 0.4) is 0 Å². The van der Waals surface area contributed by atoms with E-state index in [0.29, 0.717) is 12.0 Å². The Balaban J connectivity index is 1.64. The fraction of sp³-hybridized carbons (Fsp3) is 0.143. The van der Waals surface area contributed by atoms with Crippen LogP contribution in [-0.4, -0.2) is 10.1 Å². The lowest BCUT2D eigenvalue weighted by molar-refractivity contribution is 0.393. The SMILES string of the molecule is Cc1noc(C)c1-c1cccc(-c2csc(Cc3ccccc3F)n2)c1. The van der Waals surface area contributed by atoms with E-state index in [2.05, 4.69) is 11.2 Å². The normalized spacial score (nSPS) is 11.0. The lowest BCUT2D eigenvalue weighted by Gasteiger charge is -2.03. The van der Waals surface area contributed by atoms with E-state index in [1.165, 1.54) is 6.07 Å². The van der Waals surface area contributed by atoms with Crippen molar-refractivity contribution < 1.29 is 8.91 Å². The molecule has 0 aliphatic rings. The molecule has 0 aliphatic carbocycles. The van der Waals surface area contributed by atoms with Gasteiger partial charge in [-0.25, -0.2) is 9.37 Å². The van der Waals surface area contributed by atoms with Crippen LogP contribution in [-0.2, 0) is 6.42 Å². The zero-order valence-corrected chi connectivity index (χ0v) is 15.3. The first-order valence-corrected chi connectivity index (χ1v) is 9.21. The van der Waals surface area contributed by atoms with Gasteiger partial charge in [-0.1, -0.05) is 41.6 Å². The van der Waals surface area contributed by atoms with Crippen LogP contribution in [0.25, 0.3) is 22.4 Å². The molecule has 0 atom stereocenters. The van der Waals surface area contributed by atoms with E-state index in [1.807, 2.05) is 43.5 Å². The second-order valence-corrected chi connectivity index (χ2v) is 7.12. The van der Waals surface area contributed by atoms with Gasteiger partial charge < -0.3 is 4.52 Å². The molecular formula is C21H17FN2OS. The number of aromatic nitrogens is 2. The molecule has 26 heavy (non-hydrogen) atoms. The molecule has 2 aromatic carbocycles. The molecule has 0 spiro atoms. The molecule has 0 bridgehead atoms. The van der Waals surface area contributed by atoms with E-state index in [9.17, 15) is 4.39 Å². The van der Waals surface area contributed by atoms with Crippen LogP contribution in [0.4, 0.5) is 4.39 Å². The summed E-state index contributed by atoms with van der Waals surface area (Å²) in [5.74, 6) is 0.614. The van der Waals surface area contributed by atoms with Gasteiger partial charge in [0.25, 0.3) is 0 Å². The summed E-state index contributed by atoms with van der Waals surface area (Å²) < 4.78 is 19.1. The number of rotatable bonds is 4. The van der Waals surface area contributed by atoms with Crippen molar-refractivity contribution >= 4 is 11.3 Å². The zero-order valence-electron chi connectivity index (χ0n) is 14.5. The predicted molar refractivity (Wildman–Crippen MR) is 102 cm³/mol. The zero-order chi connectivity index (χ0) is 18.1. The van der Waals surface area contributed by atoms with Gasteiger partial charge in [-0.3, -0.25) is 0 Å². The second-order valence-electron chi connectivity index (χ2n) is 6.17. The van der Waals surface area contributed by atoms with Crippen LogP contribution in [0.2, 0.25) is 0 Å². The molecule has 4 aromatic rings.